The van der Waals surface area contributed by atoms with Crippen molar-refractivity contribution < 1.29 is 8.83 Å². The number of anilines is 3. The van der Waals surface area contributed by atoms with Crippen LogP contribution < -0.4 is 4.90 Å². The molecule has 10 aromatic rings. The van der Waals surface area contributed by atoms with Crippen LogP contribution in [0.2, 0.25) is 0 Å². The minimum absolute atomic E-state index is 0.151. The molecule has 0 unspecified atom stereocenters. The summed E-state index contributed by atoms with van der Waals surface area (Å²) in [5, 5.41) is 9.37. The molecule has 1 aliphatic carbocycles. The van der Waals surface area contributed by atoms with Crippen LogP contribution >= 0.6 is 0 Å². The Labute approximate surface area is 313 Å². The predicted octanol–water partition coefficient (Wildman–Crippen LogP) is 14.9. The second kappa shape index (κ2) is 11.2. The predicted molar refractivity (Wildman–Crippen MR) is 228 cm³/mol. The number of fused-ring (bicyclic) bond motifs is 13. The molecule has 0 bridgehead atoms. The molecule has 0 radical (unpaired) electrons. The van der Waals surface area contributed by atoms with E-state index in [0.717, 1.165) is 60.9 Å². The minimum Gasteiger partial charge on any atom is -0.456 e. The van der Waals surface area contributed by atoms with E-state index in [4.69, 9.17) is 8.83 Å². The van der Waals surface area contributed by atoms with Crippen molar-refractivity contribution in [1.29, 1.82) is 0 Å². The standard InChI is InChI=1S/C51H37NO2/c1-5-14-32-30(2)47-36(37-27-28-46-49(48(32)37)39-17-8-11-24-45(39)53-46)18-12-21-42(47)52(43-22-13-19-38-35-16-7-10-23-44(35)54-50(38)43)31-25-26-34-33-15-6-9-20-40(33)51(3,4)41(34)29-31/h5-29H,1-4H3/b14-5-. The van der Waals surface area contributed by atoms with E-state index < -0.39 is 0 Å². The summed E-state index contributed by atoms with van der Waals surface area (Å²) in [6, 6.07) is 50.4. The average molecular weight is 696 g/mol. The van der Waals surface area contributed by atoms with Crippen LogP contribution in [0.5, 0.6) is 0 Å². The van der Waals surface area contributed by atoms with E-state index in [0.29, 0.717) is 0 Å². The summed E-state index contributed by atoms with van der Waals surface area (Å²) in [5.74, 6) is 0. The summed E-state index contributed by atoms with van der Waals surface area (Å²) in [4.78, 5) is 2.44. The Morgan fingerprint density at radius 2 is 1.19 bits per heavy atom. The van der Waals surface area contributed by atoms with E-state index in [1.807, 2.05) is 12.1 Å². The minimum atomic E-state index is -0.151. The lowest BCUT2D eigenvalue weighted by atomic mass is 9.82. The lowest BCUT2D eigenvalue weighted by molar-refractivity contribution is 0.660. The van der Waals surface area contributed by atoms with Crippen LogP contribution in [-0.2, 0) is 5.41 Å². The third-order valence-corrected chi connectivity index (χ3v) is 11.9. The summed E-state index contributed by atoms with van der Waals surface area (Å²) in [6.07, 6.45) is 4.43. The fraction of sp³-hybridized carbons (Fsp3) is 0.0980. The Hall–Kier alpha value is -6.58. The van der Waals surface area contributed by atoms with Crippen molar-refractivity contribution in [2.45, 2.75) is 33.1 Å². The van der Waals surface area contributed by atoms with Crippen molar-refractivity contribution in [2.24, 2.45) is 0 Å². The average Bonchev–Trinajstić information content (AvgIpc) is 3.85. The van der Waals surface area contributed by atoms with Gasteiger partial charge in [-0.1, -0.05) is 117 Å². The van der Waals surface area contributed by atoms with Gasteiger partial charge in [0, 0.05) is 43.4 Å². The van der Waals surface area contributed by atoms with E-state index >= 15 is 0 Å². The molecule has 11 rings (SSSR count). The van der Waals surface area contributed by atoms with Gasteiger partial charge in [-0.15, -0.1) is 0 Å². The Morgan fingerprint density at radius 1 is 0.519 bits per heavy atom. The van der Waals surface area contributed by atoms with Crippen molar-refractivity contribution in [3.8, 4) is 11.1 Å². The van der Waals surface area contributed by atoms with Crippen LogP contribution in [0.4, 0.5) is 17.1 Å². The summed E-state index contributed by atoms with van der Waals surface area (Å²) >= 11 is 0. The third kappa shape index (κ3) is 4.12. The van der Waals surface area contributed by atoms with E-state index in [9.17, 15) is 0 Å². The van der Waals surface area contributed by atoms with Gasteiger partial charge < -0.3 is 13.7 Å². The van der Waals surface area contributed by atoms with Crippen LogP contribution in [0.3, 0.4) is 0 Å². The first-order valence-electron chi connectivity index (χ1n) is 18.8. The van der Waals surface area contributed by atoms with E-state index in [2.05, 4.69) is 172 Å². The molecule has 3 heteroatoms. The Balaban J connectivity index is 1.26. The van der Waals surface area contributed by atoms with Gasteiger partial charge >= 0.3 is 0 Å². The topological polar surface area (TPSA) is 29.5 Å². The van der Waals surface area contributed by atoms with Gasteiger partial charge in [0.2, 0.25) is 0 Å². The summed E-state index contributed by atoms with van der Waals surface area (Å²) in [7, 11) is 0. The summed E-state index contributed by atoms with van der Waals surface area (Å²) < 4.78 is 13.2. The molecule has 0 fully saturated rings. The number of rotatable bonds is 4. The molecular weight excluding hydrogens is 659 g/mol. The second-order valence-electron chi connectivity index (χ2n) is 15.2. The molecule has 2 heterocycles. The third-order valence-electron chi connectivity index (χ3n) is 11.9. The monoisotopic (exact) mass is 695 g/mol. The van der Waals surface area contributed by atoms with E-state index in [1.165, 1.54) is 54.9 Å². The van der Waals surface area contributed by atoms with Crippen LogP contribution in [-0.4, -0.2) is 0 Å². The summed E-state index contributed by atoms with van der Waals surface area (Å²) in [6.45, 7) is 9.09. The molecular formula is C51H37NO2. The zero-order chi connectivity index (χ0) is 36.3. The number of hydrogen-bond acceptors (Lipinski definition) is 3. The van der Waals surface area contributed by atoms with Crippen molar-refractivity contribution in [3.05, 3.63) is 168 Å². The molecule has 3 nitrogen and oxygen atoms in total. The van der Waals surface area contributed by atoms with Crippen molar-refractivity contribution in [1.82, 2.24) is 0 Å². The molecule has 0 N–H and O–H groups in total. The maximum absolute atomic E-state index is 6.78. The molecule has 0 saturated carbocycles. The highest BCUT2D eigenvalue weighted by Gasteiger charge is 2.36. The highest BCUT2D eigenvalue weighted by atomic mass is 16.3. The number of para-hydroxylation sites is 3. The number of nitrogens with zero attached hydrogens (tertiary/aromatic N) is 1. The molecule has 8 aromatic carbocycles. The largest absolute Gasteiger partial charge is 0.456 e. The molecule has 258 valence electrons. The molecule has 0 atom stereocenters. The van der Waals surface area contributed by atoms with Gasteiger partial charge in [0.1, 0.15) is 16.7 Å². The van der Waals surface area contributed by atoms with Crippen molar-refractivity contribution in [3.63, 3.8) is 0 Å². The lowest BCUT2D eigenvalue weighted by Gasteiger charge is -2.30. The zero-order valence-electron chi connectivity index (χ0n) is 30.7. The molecule has 0 saturated heterocycles. The van der Waals surface area contributed by atoms with Crippen LogP contribution in [0.25, 0.3) is 82.6 Å². The number of aryl methyl sites for hydroxylation is 1. The molecule has 54 heavy (non-hydrogen) atoms. The van der Waals surface area contributed by atoms with Crippen LogP contribution in [0, 0.1) is 6.92 Å². The van der Waals surface area contributed by atoms with Crippen molar-refractivity contribution >= 4 is 88.6 Å². The number of hydrogen-bond donors (Lipinski definition) is 0. The Morgan fingerprint density at radius 3 is 2.02 bits per heavy atom. The Kier molecular flexibility index (Phi) is 6.43. The Bertz CT molecular complexity index is 3230. The van der Waals surface area contributed by atoms with E-state index in [1.54, 1.807) is 0 Å². The van der Waals surface area contributed by atoms with Gasteiger partial charge in [-0.2, -0.15) is 0 Å². The second-order valence-corrected chi connectivity index (χ2v) is 15.2. The van der Waals surface area contributed by atoms with Gasteiger partial charge in [-0.25, -0.2) is 0 Å². The van der Waals surface area contributed by atoms with Gasteiger partial charge in [-0.05, 0) is 107 Å². The van der Waals surface area contributed by atoms with Gasteiger partial charge in [0.25, 0.3) is 0 Å². The van der Waals surface area contributed by atoms with Gasteiger partial charge in [-0.3, -0.25) is 0 Å². The SMILES string of the molecule is C/C=C\c1c(C)c2c(N(c3ccc4c(c3)C(C)(C)c3ccccc3-4)c3cccc4c3oc3ccccc34)cccc2c2ccc3oc4ccccc4c3c12. The fourth-order valence-electron chi connectivity index (χ4n) is 9.51. The molecule has 2 aromatic heterocycles. The fourth-order valence-corrected chi connectivity index (χ4v) is 9.51. The first-order chi connectivity index (χ1) is 26.4. The number of benzene rings is 8. The van der Waals surface area contributed by atoms with Crippen molar-refractivity contribution in [2.75, 3.05) is 4.90 Å². The number of furan rings is 2. The highest BCUT2D eigenvalue weighted by molar-refractivity contribution is 6.28. The normalized spacial score (nSPS) is 13.6. The molecule has 0 spiro atoms. The zero-order valence-corrected chi connectivity index (χ0v) is 30.7. The first kappa shape index (κ1) is 31.0. The van der Waals surface area contributed by atoms with Gasteiger partial charge in [0.05, 0.1) is 11.4 Å². The first-order valence-corrected chi connectivity index (χ1v) is 18.8. The maximum Gasteiger partial charge on any atom is 0.159 e. The van der Waals surface area contributed by atoms with Gasteiger partial charge in [0.15, 0.2) is 5.58 Å². The quantitative estimate of drug-likeness (QED) is 0.172. The van der Waals surface area contributed by atoms with E-state index in [-0.39, 0.29) is 5.41 Å². The number of allylic oxidation sites excluding steroid dienone is 1. The smallest absolute Gasteiger partial charge is 0.159 e. The van der Waals surface area contributed by atoms with Crippen LogP contribution in [0.15, 0.2) is 154 Å². The molecule has 0 amide bonds. The lowest BCUT2D eigenvalue weighted by Crippen LogP contribution is -2.17. The molecule has 1 aliphatic rings. The highest BCUT2D eigenvalue weighted by Crippen LogP contribution is 2.53. The molecule has 0 aliphatic heterocycles. The van der Waals surface area contributed by atoms with Crippen LogP contribution in [0.1, 0.15) is 43.0 Å². The summed E-state index contributed by atoms with van der Waals surface area (Å²) in [5.41, 5.74) is 14.4. The maximum atomic E-state index is 6.78.